The maximum Gasteiger partial charge on any atom is 0.128 e. The molecule has 6 rings (SSSR count). The maximum atomic E-state index is 9.07. The van der Waals surface area contributed by atoms with Gasteiger partial charge >= 0.3 is 0 Å². The Balaban J connectivity index is 0.000000181. The summed E-state index contributed by atoms with van der Waals surface area (Å²) in [6.45, 7) is 1.87. The number of nitrogens with zero attached hydrogens (tertiary/aromatic N) is 9. The van der Waals surface area contributed by atoms with Crippen molar-refractivity contribution in [1.29, 1.82) is 10.5 Å². The van der Waals surface area contributed by atoms with Crippen LogP contribution < -0.4 is 10.2 Å². The Morgan fingerprint density at radius 2 is 1.35 bits per heavy atom. The molecule has 0 radical (unpaired) electrons. The quantitative estimate of drug-likeness (QED) is 0.177. The van der Waals surface area contributed by atoms with Crippen LogP contribution in [0.15, 0.2) is 85.5 Å². The van der Waals surface area contributed by atoms with Crippen LogP contribution in [0.1, 0.15) is 30.4 Å². The van der Waals surface area contributed by atoms with Gasteiger partial charge in [0.05, 0.1) is 58.1 Å². The van der Waals surface area contributed by atoms with Crippen molar-refractivity contribution >= 4 is 22.7 Å². The Bertz CT molecular complexity index is 2000. The highest BCUT2D eigenvalue weighted by molar-refractivity contribution is 5.80. The molecule has 0 saturated heterocycles. The van der Waals surface area contributed by atoms with Crippen LogP contribution in [0.5, 0.6) is 0 Å². The van der Waals surface area contributed by atoms with E-state index < -0.39 is 0 Å². The monoisotopic (exact) mass is 614 g/mol. The highest BCUT2D eigenvalue weighted by Gasteiger charge is 2.12. The number of aliphatic hydroxyl groups is 2. The average Bonchev–Trinajstić information content (AvgIpc) is 3.73. The van der Waals surface area contributed by atoms with Crippen LogP contribution in [0.4, 0.5) is 11.6 Å². The van der Waals surface area contributed by atoms with Crippen molar-refractivity contribution < 1.29 is 10.2 Å². The topological polar surface area (TPSA) is 164 Å². The molecule has 232 valence electrons. The molecule has 6 heterocycles. The van der Waals surface area contributed by atoms with Gasteiger partial charge < -0.3 is 20.4 Å². The van der Waals surface area contributed by atoms with E-state index in [0.717, 1.165) is 71.1 Å². The van der Waals surface area contributed by atoms with Gasteiger partial charge in [-0.3, -0.25) is 0 Å². The minimum Gasteiger partial charge on any atom is -0.396 e. The molecule has 0 aliphatic rings. The Morgan fingerprint density at radius 1 is 0.761 bits per heavy atom. The van der Waals surface area contributed by atoms with Crippen molar-refractivity contribution in [3.05, 3.63) is 96.6 Å². The van der Waals surface area contributed by atoms with Crippen molar-refractivity contribution in [2.24, 2.45) is 0 Å². The van der Waals surface area contributed by atoms with Crippen LogP contribution >= 0.6 is 0 Å². The Kier molecular flexibility index (Phi) is 10.5. The van der Waals surface area contributed by atoms with Gasteiger partial charge in [0.2, 0.25) is 0 Å². The molecule has 0 amide bonds. The zero-order valence-electron chi connectivity index (χ0n) is 25.5. The number of unbranched alkanes of at least 4 members (excludes halogenated alkanes) is 1. The first-order chi connectivity index (χ1) is 22.5. The van der Waals surface area contributed by atoms with Crippen LogP contribution in [-0.4, -0.2) is 72.8 Å². The fourth-order valence-electron chi connectivity index (χ4n) is 4.84. The normalized spacial score (nSPS) is 10.6. The van der Waals surface area contributed by atoms with Crippen molar-refractivity contribution in [3.8, 4) is 34.7 Å². The van der Waals surface area contributed by atoms with E-state index in [1.807, 2.05) is 60.5 Å². The zero-order valence-corrected chi connectivity index (χ0v) is 25.5. The summed E-state index contributed by atoms with van der Waals surface area (Å²) in [5.74, 6) is 1.63. The number of hydrogen-bond donors (Lipinski definition) is 3. The van der Waals surface area contributed by atoms with Gasteiger partial charge in [-0.05, 0) is 67.8 Å². The van der Waals surface area contributed by atoms with E-state index in [1.54, 1.807) is 46.0 Å². The van der Waals surface area contributed by atoms with E-state index in [4.69, 9.17) is 20.7 Å². The lowest BCUT2D eigenvalue weighted by Gasteiger charge is -2.18. The average molecular weight is 615 g/mol. The van der Waals surface area contributed by atoms with Gasteiger partial charge in [-0.15, -0.1) is 0 Å². The number of rotatable bonds is 11. The van der Waals surface area contributed by atoms with E-state index >= 15 is 0 Å². The summed E-state index contributed by atoms with van der Waals surface area (Å²) in [6, 6.07) is 23.0. The Labute approximate surface area is 266 Å². The molecule has 0 saturated carbocycles. The van der Waals surface area contributed by atoms with Gasteiger partial charge in [0.25, 0.3) is 0 Å². The summed E-state index contributed by atoms with van der Waals surface area (Å²) >= 11 is 0. The first-order valence-electron chi connectivity index (χ1n) is 14.9. The molecule has 0 bridgehead atoms. The van der Waals surface area contributed by atoms with Gasteiger partial charge in [0.1, 0.15) is 11.6 Å². The van der Waals surface area contributed by atoms with E-state index in [1.165, 1.54) is 0 Å². The minimum atomic E-state index is 0.162. The first-order valence-corrected chi connectivity index (χ1v) is 14.9. The predicted octanol–water partition coefficient (Wildman–Crippen LogP) is 4.54. The molecule has 0 spiro atoms. The fourth-order valence-corrected chi connectivity index (χ4v) is 4.84. The number of fused-ring (bicyclic) bond motifs is 2. The molecule has 0 fully saturated rings. The largest absolute Gasteiger partial charge is 0.396 e. The first kappa shape index (κ1) is 31.6. The molecular formula is C34H34N10O2. The second-order valence-electron chi connectivity index (χ2n) is 10.5. The number of hydrogen-bond acceptors (Lipinski definition) is 10. The maximum absolute atomic E-state index is 9.07. The van der Waals surface area contributed by atoms with Gasteiger partial charge in [-0.2, -0.15) is 20.7 Å². The molecular weight excluding hydrogens is 580 g/mol. The van der Waals surface area contributed by atoms with Gasteiger partial charge in [0, 0.05) is 56.9 Å². The number of nitrogens with one attached hydrogen (secondary N) is 1. The van der Waals surface area contributed by atoms with Gasteiger partial charge in [-0.25, -0.2) is 19.0 Å². The number of aromatic nitrogens is 6. The second-order valence-corrected chi connectivity index (χ2v) is 10.5. The van der Waals surface area contributed by atoms with Crippen molar-refractivity contribution in [1.82, 2.24) is 29.2 Å². The Hall–Kier alpha value is -5.82. The fraction of sp³-hybridized carbons (Fsp3) is 0.235. The third-order valence-electron chi connectivity index (χ3n) is 7.27. The van der Waals surface area contributed by atoms with Crippen LogP contribution in [0.3, 0.4) is 0 Å². The van der Waals surface area contributed by atoms with Crippen LogP contribution in [0.25, 0.3) is 33.5 Å². The van der Waals surface area contributed by atoms with E-state index in [2.05, 4.69) is 37.6 Å². The van der Waals surface area contributed by atoms with Gasteiger partial charge in [0.15, 0.2) is 0 Å². The lowest BCUT2D eigenvalue weighted by atomic mass is 10.1. The third-order valence-corrected chi connectivity index (χ3v) is 7.27. The van der Waals surface area contributed by atoms with Crippen LogP contribution in [0.2, 0.25) is 0 Å². The SMILES string of the molecule is CN(CCCO)c1cccc(-c2cnn3ccc(C#N)cc23)n1.N#Cc1ccn2ncc(-c3cccc(NCCCCO)n3)c2c1. The molecule has 0 aliphatic heterocycles. The number of nitriles is 2. The highest BCUT2D eigenvalue weighted by atomic mass is 16.3. The van der Waals surface area contributed by atoms with Crippen LogP contribution in [0, 0.1) is 22.7 Å². The summed E-state index contributed by atoms with van der Waals surface area (Å²) < 4.78 is 3.47. The predicted molar refractivity (Wildman–Crippen MR) is 176 cm³/mol. The third kappa shape index (κ3) is 7.45. The van der Waals surface area contributed by atoms with Crippen molar-refractivity contribution in [3.63, 3.8) is 0 Å². The smallest absolute Gasteiger partial charge is 0.128 e. The summed E-state index contributed by atoms with van der Waals surface area (Å²) in [5.41, 5.74) is 6.29. The standard InChI is InChI=1S/2C17H17N5O/c1-21(7-3-9-23)17-5-2-4-15(20-17)14-12-19-22-8-6-13(11-18)10-16(14)22;18-11-13-6-8-22-16(10-13)14(12-20-22)15-4-3-5-17(21-15)19-7-1-2-9-23/h2,4-6,8,10,12,23H,3,7,9H2,1H3;3-6,8,10,12,23H,1-2,7,9H2,(H,19,21). The summed E-state index contributed by atoms with van der Waals surface area (Å²) in [7, 11) is 1.95. The molecule has 3 N–H and O–H groups in total. The Morgan fingerprint density at radius 3 is 1.93 bits per heavy atom. The second kappa shape index (κ2) is 15.3. The molecule has 6 aromatic rings. The zero-order chi connectivity index (χ0) is 32.3. The van der Waals surface area contributed by atoms with E-state index in [-0.39, 0.29) is 13.2 Å². The molecule has 6 aromatic heterocycles. The molecule has 0 atom stereocenters. The molecule has 12 nitrogen and oxygen atoms in total. The summed E-state index contributed by atoms with van der Waals surface area (Å²) in [6.07, 6.45) is 9.43. The van der Waals surface area contributed by atoms with Crippen LogP contribution in [-0.2, 0) is 0 Å². The molecule has 46 heavy (non-hydrogen) atoms. The summed E-state index contributed by atoms with van der Waals surface area (Å²) in [5, 5.41) is 47.8. The molecule has 0 aliphatic carbocycles. The number of aliphatic hydroxyl groups excluding tert-OH is 2. The lowest BCUT2D eigenvalue weighted by molar-refractivity contribution is 0.286. The van der Waals surface area contributed by atoms with Gasteiger partial charge in [-0.1, -0.05) is 12.1 Å². The lowest BCUT2D eigenvalue weighted by Crippen LogP contribution is -2.20. The van der Waals surface area contributed by atoms with Crippen molar-refractivity contribution in [2.75, 3.05) is 43.6 Å². The highest BCUT2D eigenvalue weighted by Crippen LogP contribution is 2.26. The van der Waals surface area contributed by atoms with E-state index in [9.17, 15) is 0 Å². The number of pyridine rings is 4. The molecule has 0 unspecified atom stereocenters. The minimum absolute atomic E-state index is 0.162. The summed E-state index contributed by atoms with van der Waals surface area (Å²) in [4.78, 5) is 11.3. The number of anilines is 2. The molecule has 12 heteroatoms. The van der Waals surface area contributed by atoms with E-state index in [0.29, 0.717) is 17.5 Å². The molecule has 0 aromatic carbocycles. The van der Waals surface area contributed by atoms with Crippen molar-refractivity contribution in [2.45, 2.75) is 19.3 Å².